The summed E-state index contributed by atoms with van der Waals surface area (Å²) in [7, 11) is 0. The van der Waals surface area contributed by atoms with E-state index in [0.717, 1.165) is 5.69 Å². The van der Waals surface area contributed by atoms with E-state index in [9.17, 15) is 14.5 Å². The van der Waals surface area contributed by atoms with Gasteiger partial charge in [-0.2, -0.15) is 0 Å². The van der Waals surface area contributed by atoms with Crippen molar-refractivity contribution >= 4 is 11.8 Å². The summed E-state index contributed by atoms with van der Waals surface area (Å²) in [5.41, 5.74) is 2.21. The van der Waals surface area contributed by atoms with E-state index in [1.165, 1.54) is 23.9 Å². The van der Waals surface area contributed by atoms with Crippen LogP contribution in [-0.4, -0.2) is 26.2 Å². The Kier molecular flexibility index (Phi) is 6.99. The fourth-order valence-corrected chi connectivity index (χ4v) is 4.62. The predicted octanol–water partition coefficient (Wildman–Crippen LogP) is 5.40. The van der Waals surface area contributed by atoms with Crippen LogP contribution in [0, 0.1) is 22.9 Å². The van der Waals surface area contributed by atoms with Gasteiger partial charge in [-0.15, -0.1) is 10.2 Å². The highest BCUT2D eigenvalue weighted by molar-refractivity contribution is 7.99. The summed E-state index contributed by atoms with van der Waals surface area (Å²) in [6.07, 6.45) is 0. The van der Waals surface area contributed by atoms with Crippen LogP contribution in [0.25, 0.3) is 5.69 Å². The van der Waals surface area contributed by atoms with Gasteiger partial charge in [0.2, 0.25) is 6.54 Å². The van der Waals surface area contributed by atoms with E-state index in [1.54, 1.807) is 30.3 Å². The van der Waals surface area contributed by atoms with Gasteiger partial charge in [-0.05, 0) is 42.8 Å². The second-order valence-corrected chi connectivity index (χ2v) is 8.45. The first kappa shape index (κ1) is 22.5. The molecule has 0 radical (unpaired) electrons. The Bertz CT molecular complexity index is 1250. The highest BCUT2D eigenvalue weighted by Crippen LogP contribution is 2.40. The molecule has 168 valence electrons. The Morgan fingerprint density at radius 1 is 1.06 bits per heavy atom. The van der Waals surface area contributed by atoms with Crippen molar-refractivity contribution < 1.29 is 14.1 Å². The molecule has 0 aliphatic carbocycles. The largest absolute Gasteiger partial charge is 0.489 e. The first-order valence-corrected chi connectivity index (χ1v) is 11.1. The van der Waals surface area contributed by atoms with Crippen molar-refractivity contribution in [1.82, 2.24) is 14.8 Å². The lowest BCUT2D eigenvalue weighted by molar-refractivity contribution is -0.479. The maximum absolute atomic E-state index is 13.5. The molecular formula is C24H21FN4O3S. The molecule has 0 aliphatic heterocycles. The summed E-state index contributed by atoms with van der Waals surface area (Å²) < 4.78 is 21.3. The van der Waals surface area contributed by atoms with Crippen molar-refractivity contribution in [2.24, 2.45) is 0 Å². The monoisotopic (exact) mass is 464 g/mol. The molecule has 33 heavy (non-hydrogen) atoms. The summed E-state index contributed by atoms with van der Waals surface area (Å²) in [6.45, 7) is 1.65. The van der Waals surface area contributed by atoms with E-state index in [2.05, 4.69) is 10.2 Å². The third-order valence-electron chi connectivity index (χ3n) is 4.92. The third-order valence-corrected chi connectivity index (χ3v) is 6.08. The maximum Gasteiger partial charge on any atom is 0.220 e. The molecule has 0 saturated carbocycles. The van der Waals surface area contributed by atoms with E-state index < -0.39 is 5.25 Å². The van der Waals surface area contributed by atoms with Crippen LogP contribution in [-0.2, 0) is 6.61 Å². The summed E-state index contributed by atoms with van der Waals surface area (Å²) in [5, 5.41) is 20.0. The van der Waals surface area contributed by atoms with Crippen LogP contribution >= 0.6 is 11.8 Å². The molecule has 0 fully saturated rings. The van der Waals surface area contributed by atoms with Crippen LogP contribution in [0.15, 0.2) is 84.0 Å². The van der Waals surface area contributed by atoms with Gasteiger partial charge in [0, 0.05) is 16.2 Å². The molecule has 0 N–H and O–H groups in total. The van der Waals surface area contributed by atoms with Gasteiger partial charge in [-0.25, -0.2) is 4.39 Å². The maximum atomic E-state index is 13.5. The Morgan fingerprint density at radius 2 is 1.82 bits per heavy atom. The SMILES string of the molecule is Cc1nnc(S[C@H](C[N+](=O)[O-])c2ccccc2OCc2cccc(F)c2)n1-c1ccccc1. The number of nitro groups is 1. The number of thioether (sulfide) groups is 1. The second-order valence-electron chi connectivity index (χ2n) is 7.28. The molecule has 0 saturated heterocycles. The van der Waals surface area contributed by atoms with Crippen LogP contribution in [0.5, 0.6) is 5.75 Å². The molecule has 0 aliphatic rings. The van der Waals surface area contributed by atoms with Crippen LogP contribution in [0.1, 0.15) is 22.2 Å². The van der Waals surface area contributed by atoms with Crippen LogP contribution in [0.2, 0.25) is 0 Å². The number of para-hydroxylation sites is 2. The summed E-state index contributed by atoms with van der Waals surface area (Å²) in [6, 6.07) is 22.9. The Morgan fingerprint density at radius 3 is 2.58 bits per heavy atom. The van der Waals surface area contributed by atoms with Crippen molar-refractivity contribution in [3.8, 4) is 11.4 Å². The number of rotatable bonds is 9. The Balaban J connectivity index is 1.64. The van der Waals surface area contributed by atoms with Gasteiger partial charge in [0.1, 0.15) is 29.2 Å². The molecule has 7 nitrogen and oxygen atoms in total. The fourth-order valence-electron chi connectivity index (χ4n) is 3.42. The molecule has 0 unspecified atom stereocenters. The topological polar surface area (TPSA) is 83.1 Å². The molecule has 0 amide bonds. The van der Waals surface area contributed by atoms with Crippen LogP contribution < -0.4 is 4.74 Å². The van der Waals surface area contributed by atoms with Crippen molar-refractivity contribution in [2.75, 3.05) is 6.54 Å². The predicted molar refractivity (Wildman–Crippen MR) is 124 cm³/mol. The zero-order chi connectivity index (χ0) is 23.2. The first-order chi connectivity index (χ1) is 16.0. The van der Waals surface area contributed by atoms with Gasteiger partial charge in [0.05, 0.1) is 0 Å². The van der Waals surface area contributed by atoms with Crippen LogP contribution in [0.4, 0.5) is 4.39 Å². The van der Waals surface area contributed by atoms with Gasteiger partial charge in [0.15, 0.2) is 5.16 Å². The number of hydrogen-bond acceptors (Lipinski definition) is 6. The number of benzene rings is 3. The van der Waals surface area contributed by atoms with Gasteiger partial charge in [0.25, 0.3) is 0 Å². The summed E-state index contributed by atoms with van der Waals surface area (Å²) >= 11 is 1.26. The van der Waals surface area contributed by atoms with Gasteiger partial charge < -0.3 is 4.74 Å². The highest BCUT2D eigenvalue weighted by atomic mass is 32.2. The molecule has 1 atom stereocenters. The molecule has 0 bridgehead atoms. The first-order valence-electron chi connectivity index (χ1n) is 10.2. The van der Waals surface area contributed by atoms with E-state index in [0.29, 0.717) is 27.9 Å². The molecule has 0 spiro atoms. The molecule has 1 aromatic heterocycles. The average molecular weight is 465 g/mol. The zero-order valence-electron chi connectivity index (χ0n) is 17.8. The molecule has 4 aromatic rings. The van der Waals surface area contributed by atoms with Gasteiger partial charge in [-0.3, -0.25) is 14.7 Å². The van der Waals surface area contributed by atoms with E-state index in [4.69, 9.17) is 4.74 Å². The van der Waals surface area contributed by atoms with Gasteiger partial charge in [-0.1, -0.05) is 60.3 Å². The quantitative estimate of drug-likeness (QED) is 0.187. The number of nitrogens with zero attached hydrogens (tertiary/aromatic N) is 4. The van der Waals surface area contributed by atoms with Gasteiger partial charge >= 0.3 is 0 Å². The minimum Gasteiger partial charge on any atom is -0.489 e. The zero-order valence-corrected chi connectivity index (χ0v) is 18.6. The Labute approximate surface area is 194 Å². The molecule has 3 aromatic carbocycles. The fraction of sp³-hybridized carbons (Fsp3) is 0.167. The summed E-state index contributed by atoms with van der Waals surface area (Å²) in [4.78, 5) is 11.2. The van der Waals surface area contributed by atoms with E-state index in [-0.39, 0.29) is 23.9 Å². The molecule has 9 heteroatoms. The minimum atomic E-state index is -0.574. The smallest absolute Gasteiger partial charge is 0.220 e. The van der Waals surface area contributed by atoms with Crippen molar-refractivity contribution in [1.29, 1.82) is 0 Å². The number of aryl methyl sites for hydroxylation is 1. The van der Waals surface area contributed by atoms with E-state index >= 15 is 0 Å². The van der Waals surface area contributed by atoms with Crippen molar-refractivity contribution in [2.45, 2.75) is 23.9 Å². The number of aromatic nitrogens is 3. The highest BCUT2D eigenvalue weighted by Gasteiger charge is 2.26. The second kappa shape index (κ2) is 10.3. The molecule has 4 rings (SSSR count). The molecular weight excluding hydrogens is 443 g/mol. The Hall–Kier alpha value is -3.72. The lowest BCUT2D eigenvalue weighted by atomic mass is 10.1. The third kappa shape index (κ3) is 5.56. The number of ether oxygens (including phenoxy) is 1. The number of halogens is 1. The lowest BCUT2D eigenvalue weighted by Gasteiger charge is -2.18. The minimum absolute atomic E-state index is 0.143. The lowest BCUT2D eigenvalue weighted by Crippen LogP contribution is -2.12. The molecule has 1 heterocycles. The normalized spacial score (nSPS) is 11.8. The standard InChI is InChI=1S/C24H21FN4O3S/c1-17-26-27-24(29(17)20-10-3-2-4-11-20)33-23(15-28(30)31)21-12-5-6-13-22(21)32-16-18-8-7-9-19(25)14-18/h2-14,23H,15-16H2,1H3/t23-/m1/s1. The average Bonchev–Trinajstić information content (AvgIpc) is 3.17. The van der Waals surface area contributed by atoms with E-state index in [1.807, 2.05) is 47.9 Å². The van der Waals surface area contributed by atoms with Crippen molar-refractivity contribution in [3.05, 3.63) is 112 Å². The summed E-state index contributed by atoms with van der Waals surface area (Å²) in [5.74, 6) is 0.838. The van der Waals surface area contributed by atoms with Crippen LogP contribution in [0.3, 0.4) is 0 Å². The number of hydrogen-bond donors (Lipinski definition) is 0. The van der Waals surface area contributed by atoms with Crippen molar-refractivity contribution in [3.63, 3.8) is 0 Å².